The lowest BCUT2D eigenvalue weighted by Gasteiger charge is -2.06. The van der Waals surface area contributed by atoms with E-state index in [1.165, 1.54) is 15.2 Å². The maximum atomic E-state index is 12.0. The SMILES string of the molecule is Cc1cc(-c2cc3c(cc2[N+](=O)[O-])n(C)c(=O)n3C)ccn1. The Morgan fingerprint density at radius 1 is 1.14 bits per heavy atom. The van der Waals surface area contributed by atoms with Crippen LogP contribution in [0.1, 0.15) is 5.69 Å². The molecule has 2 aromatic heterocycles. The number of aryl methyl sites for hydroxylation is 3. The Labute approximate surface area is 125 Å². The summed E-state index contributed by atoms with van der Waals surface area (Å²) in [4.78, 5) is 27.1. The number of aromatic nitrogens is 3. The van der Waals surface area contributed by atoms with Gasteiger partial charge < -0.3 is 0 Å². The van der Waals surface area contributed by atoms with Crippen LogP contribution >= 0.6 is 0 Å². The van der Waals surface area contributed by atoms with Gasteiger partial charge in [0.15, 0.2) is 0 Å². The zero-order valence-corrected chi connectivity index (χ0v) is 12.4. The van der Waals surface area contributed by atoms with Gasteiger partial charge in [0.2, 0.25) is 0 Å². The second kappa shape index (κ2) is 4.80. The summed E-state index contributed by atoms with van der Waals surface area (Å²) in [5.74, 6) is 0. The largest absolute Gasteiger partial charge is 0.328 e. The number of hydrogen-bond donors (Lipinski definition) is 0. The van der Waals surface area contributed by atoms with Gasteiger partial charge in [-0.2, -0.15) is 0 Å². The maximum Gasteiger partial charge on any atom is 0.328 e. The van der Waals surface area contributed by atoms with Gasteiger partial charge in [0, 0.05) is 32.1 Å². The Balaban J connectivity index is 2.43. The van der Waals surface area contributed by atoms with Crippen LogP contribution in [0.3, 0.4) is 0 Å². The molecule has 0 bridgehead atoms. The molecule has 0 N–H and O–H groups in total. The van der Waals surface area contributed by atoms with E-state index in [2.05, 4.69) is 4.98 Å². The third-order valence-electron chi connectivity index (χ3n) is 3.79. The molecule has 0 unspecified atom stereocenters. The lowest BCUT2D eigenvalue weighted by molar-refractivity contribution is -0.384. The van der Waals surface area contributed by atoms with E-state index in [1.807, 2.05) is 6.92 Å². The van der Waals surface area contributed by atoms with Crippen molar-refractivity contribution in [1.29, 1.82) is 0 Å². The van der Waals surface area contributed by atoms with Gasteiger partial charge >= 0.3 is 5.69 Å². The van der Waals surface area contributed by atoms with Crippen molar-refractivity contribution in [2.24, 2.45) is 14.1 Å². The van der Waals surface area contributed by atoms with Crippen molar-refractivity contribution >= 4 is 16.7 Å². The van der Waals surface area contributed by atoms with E-state index >= 15 is 0 Å². The minimum Gasteiger partial charge on any atom is -0.295 e. The molecule has 0 radical (unpaired) electrons. The number of imidazole rings is 1. The maximum absolute atomic E-state index is 12.0. The highest BCUT2D eigenvalue weighted by atomic mass is 16.6. The Morgan fingerprint density at radius 2 is 1.77 bits per heavy atom. The molecule has 0 atom stereocenters. The molecule has 0 amide bonds. The fraction of sp³-hybridized carbons (Fsp3) is 0.200. The van der Waals surface area contributed by atoms with Crippen molar-refractivity contribution in [3.63, 3.8) is 0 Å². The number of nitrogens with zero attached hydrogens (tertiary/aromatic N) is 4. The summed E-state index contributed by atoms with van der Waals surface area (Å²) in [5, 5.41) is 11.4. The van der Waals surface area contributed by atoms with Crippen LogP contribution in [-0.2, 0) is 14.1 Å². The Morgan fingerprint density at radius 3 is 2.36 bits per heavy atom. The van der Waals surface area contributed by atoms with Crippen LogP contribution in [0.15, 0.2) is 35.3 Å². The number of fused-ring (bicyclic) bond motifs is 1. The molecule has 0 saturated carbocycles. The summed E-state index contributed by atoms with van der Waals surface area (Å²) in [6.07, 6.45) is 1.61. The highest BCUT2D eigenvalue weighted by Gasteiger charge is 2.20. The summed E-state index contributed by atoms with van der Waals surface area (Å²) < 4.78 is 2.89. The van der Waals surface area contributed by atoms with E-state index < -0.39 is 4.92 Å². The molecule has 22 heavy (non-hydrogen) atoms. The van der Waals surface area contributed by atoms with Gasteiger partial charge in [0.1, 0.15) is 0 Å². The monoisotopic (exact) mass is 298 g/mol. The summed E-state index contributed by atoms with van der Waals surface area (Å²) in [6, 6.07) is 6.64. The first kappa shape index (κ1) is 14.0. The minimum atomic E-state index is -0.429. The van der Waals surface area contributed by atoms with E-state index in [0.29, 0.717) is 22.2 Å². The molecule has 0 aliphatic heterocycles. The minimum absolute atomic E-state index is 0.0284. The van der Waals surface area contributed by atoms with Crippen LogP contribution in [0.5, 0.6) is 0 Å². The molecule has 7 nitrogen and oxygen atoms in total. The molecule has 0 spiro atoms. The van der Waals surface area contributed by atoms with E-state index in [4.69, 9.17) is 0 Å². The number of benzene rings is 1. The number of nitro groups is 1. The molecule has 3 rings (SSSR count). The fourth-order valence-corrected chi connectivity index (χ4v) is 2.63. The average molecular weight is 298 g/mol. The van der Waals surface area contributed by atoms with Crippen LogP contribution in [0.25, 0.3) is 22.2 Å². The van der Waals surface area contributed by atoms with Crippen LogP contribution in [-0.4, -0.2) is 19.0 Å². The normalized spacial score (nSPS) is 11.0. The summed E-state index contributed by atoms with van der Waals surface area (Å²) in [5.41, 5.74) is 2.90. The topological polar surface area (TPSA) is 83.0 Å². The van der Waals surface area contributed by atoms with Gasteiger partial charge in [-0.3, -0.25) is 24.2 Å². The van der Waals surface area contributed by atoms with Gasteiger partial charge in [0.25, 0.3) is 5.69 Å². The number of hydrogen-bond acceptors (Lipinski definition) is 4. The smallest absolute Gasteiger partial charge is 0.295 e. The lowest BCUT2D eigenvalue weighted by atomic mass is 10.0. The molecule has 1 aromatic carbocycles. The molecule has 0 aliphatic carbocycles. The van der Waals surface area contributed by atoms with Crippen LogP contribution < -0.4 is 5.69 Å². The van der Waals surface area contributed by atoms with Crippen LogP contribution in [0, 0.1) is 17.0 Å². The van der Waals surface area contributed by atoms with E-state index in [-0.39, 0.29) is 11.4 Å². The molecular weight excluding hydrogens is 284 g/mol. The summed E-state index contributed by atoms with van der Waals surface area (Å²) in [7, 11) is 3.25. The predicted molar refractivity (Wildman–Crippen MR) is 82.8 cm³/mol. The molecular formula is C15H14N4O3. The van der Waals surface area contributed by atoms with Crippen molar-refractivity contribution < 1.29 is 4.92 Å². The zero-order valence-electron chi connectivity index (χ0n) is 12.4. The first-order valence-electron chi connectivity index (χ1n) is 6.67. The van der Waals surface area contributed by atoms with Gasteiger partial charge in [-0.1, -0.05) is 0 Å². The van der Waals surface area contributed by atoms with Crippen molar-refractivity contribution in [2.75, 3.05) is 0 Å². The highest BCUT2D eigenvalue weighted by molar-refractivity contribution is 5.88. The third kappa shape index (κ3) is 1.98. The van der Waals surface area contributed by atoms with E-state index in [1.54, 1.807) is 38.5 Å². The molecule has 3 aromatic rings. The van der Waals surface area contributed by atoms with Gasteiger partial charge in [-0.05, 0) is 30.7 Å². The standard InChI is InChI=1S/C15H14N4O3/c1-9-6-10(4-5-16-9)11-7-13-14(8-12(11)19(21)22)18(3)15(20)17(13)2/h4-8H,1-3H3. The lowest BCUT2D eigenvalue weighted by Crippen LogP contribution is -2.19. The fourth-order valence-electron chi connectivity index (χ4n) is 2.63. The van der Waals surface area contributed by atoms with Crippen molar-refractivity contribution in [3.8, 4) is 11.1 Å². The highest BCUT2D eigenvalue weighted by Crippen LogP contribution is 2.33. The van der Waals surface area contributed by atoms with E-state index in [0.717, 1.165) is 5.69 Å². The molecule has 112 valence electrons. The van der Waals surface area contributed by atoms with E-state index in [9.17, 15) is 14.9 Å². The molecule has 7 heteroatoms. The molecule has 0 saturated heterocycles. The predicted octanol–water partition coefficient (Wildman–Crippen LogP) is 2.16. The van der Waals surface area contributed by atoms with Crippen LogP contribution in [0.4, 0.5) is 5.69 Å². The Kier molecular flexibility index (Phi) is 3.05. The Hall–Kier alpha value is -2.96. The van der Waals surface area contributed by atoms with Crippen molar-refractivity contribution in [3.05, 3.63) is 56.8 Å². The van der Waals surface area contributed by atoms with Crippen molar-refractivity contribution in [2.45, 2.75) is 6.92 Å². The van der Waals surface area contributed by atoms with Gasteiger partial charge in [-0.25, -0.2) is 4.79 Å². The third-order valence-corrected chi connectivity index (χ3v) is 3.79. The molecule has 0 fully saturated rings. The van der Waals surface area contributed by atoms with Crippen LogP contribution in [0.2, 0.25) is 0 Å². The van der Waals surface area contributed by atoms with Crippen molar-refractivity contribution in [1.82, 2.24) is 14.1 Å². The van der Waals surface area contributed by atoms with Gasteiger partial charge in [0.05, 0.1) is 21.5 Å². The first-order chi connectivity index (χ1) is 10.4. The average Bonchev–Trinajstić information content (AvgIpc) is 2.70. The first-order valence-corrected chi connectivity index (χ1v) is 6.67. The second-order valence-corrected chi connectivity index (χ2v) is 5.20. The number of pyridine rings is 1. The summed E-state index contributed by atoms with van der Waals surface area (Å²) >= 11 is 0. The second-order valence-electron chi connectivity index (χ2n) is 5.20. The zero-order chi connectivity index (χ0) is 16.0. The number of rotatable bonds is 2. The summed E-state index contributed by atoms with van der Waals surface area (Å²) in [6.45, 7) is 1.83. The quantitative estimate of drug-likeness (QED) is 0.536. The molecule has 2 heterocycles. The molecule has 0 aliphatic rings. The Bertz CT molecular complexity index is 969. The van der Waals surface area contributed by atoms with Gasteiger partial charge in [-0.15, -0.1) is 0 Å². The number of nitro benzene ring substituents is 1.